The standard InChI is InChI=1S/C88H80N4S4/c1-3-5-7-9-11-25-35-75-53-57-81(93-75)83-61-59-79(95-83)77-55-56-78(80-60-62-84(96-80)82-58-54-76(94-82)36-26-12-10-8-6-4-2)88-87(77)89-85(67-41-37-63(38-42-67)65-45-49-73(50-46-65)91(69-27-17-13-18-28-69)70-29-19-14-20-30-70)86(90-88)68-43-39-64(40-44-68)66-47-51-74(52-48-66)92(71-31-21-15-22-32-71)72-33-23-16-24-34-72/h13-24,27-34,37-62H,3-12,25-26,35-36H2,1-2H3. The minimum absolute atomic E-state index is 0.848. The highest BCUT2D eigenvalue weighted by atomic mass is 32.1. The minimum atomic E-state index is 0.848. The Hall–Kier alpha value is -9.28. The van der Waals surface area contributed by atoms with Crippen molar-refractivity contribution >= 4 is 90.5 Å². The van der Waals surface area contributed by atoms with Gasteiger partial charge in [-0.2, -0.15) is 0 Å². The van der Waals surface area contributed by atoms with Crippen molar-refractivity contribution in [1.29, 1.82) is 0 Å². The minimum Gasteiger partial charge on any atom is -0.311 e. The number of rotatable bonds is 28. The van der Waals surface area contributed by atoms with Crippen molar-refractivity contribution < 1.29 is 0 Å². The van der Waals surface area contributed by atoms with Crippen molar-refractivity contribution in [1.82, 2.24) is 9.97 Å². The Bertz CT molecular complexity index is 4380. The first-order valence-corrected chi connectivity index (χ1v) is 37.7. The molecule has 5 heterocycles. The van der Waals surface area contributed by atoms with Crippen LogP contribution in [0.15, 0.2) is 279 Å². The van der Waals surface area contributed by atoms with Crippen LogP contribution in [0.25, 0.3) is 96.2 Å². The van der Waals surface area contributed by atoms with Gasteiger partial charge in [-0.15, -0.1) is 45.3 Å². The molecule has 0 aliphatic rings. The van der Waals surface area contributed by atoms with E-state index in [-0.39, 0.29) is 0 Å². The normalized spacial score (nSPS) is 11.4. The molecule has 0 radical (unpaired) electrons. The van der Waals surface area contributed by atoms with Crippen LogP contribution in [0.3, 0.4) is 0 Å². The first-order valence-electron chi connectivity index (χ1n) is 34.5. The van der Waals surface area contributed by atoms with E-state index < -0.39 is 0 Å². The van der Waals surface area contributed by atoms with E-state index >= 15 is 0 Å². The Morgan fingerprint density at radius 1 is 0.240 bits per heavy atom. The topological polar surface area (TPSA) is 32.3 Å². The molecular formula is C88H80N4S4. The number of benzene rings is 9. The largest absolute Gasteiger partial charge is 0.311 e. The van der Waals surface area contributed by atoms with Crippen LogP contribution in [0.4, 0.5) is 34.1 Å². The summed E-state index contributed by atoms with van der Waals surface area (Å²) in [5, 5.41) is 0. The average molecular weight is 1320 g/mol. The molecule has 0 aliphatic carbocycles. The number of para-hydroxylation sites is 4. The first-order chi connectivity index (χ1) is 47.5. The molecule has 0 amide bonds. The van der Waals surface area contributed by atoms with Crippen LogP contribution in [0, 0.1) is 0 Å². The molecule has 0 aliphatic heterocycles. The summed E-state index contributed by atoms with van der Waals surface area (Å²) >= 11 is 7.63. The van der Waals surface area contributed by atoms with Crippen molar-refractivity contribution in [3.05, 3.63) is 289 Å². The zero-order valence-electron chi connectivity index (χ0n) is 54.9. The molecule has 0 saturated carbocycles. The average Bonchev–Trinajstić information content (AvgIpc) is 1.15. The Labute approximate surface area is 583 Å². The number of thiophene rings is 4. The highest BCUT2D eigenvalue weighted by Gasteiger charge is 2.23. The van der Waals surface area contributed by atoms with Crippen LogP contribution < -0.4 is 9.80 Å². The summed E-state index contributed by atoms with van der Waals surface area (Å²) in [7, 11) is 0. The fourth-order valence-electron chi connectivity index (χ4n) is 13.1. The third-order valence-corrected chi connectivity index (χ3v) is 23.1. The number of aromatic nitrogens is 2. The van der Waals surface area contributed by atoms with Gasteiger partial charge in [-0.05, 0) is 169 Å². The molecule has 8 heteroatoms. The second kappa shape index (κ2) is 31.1. The second-order valence-corrected chi connectivity index (χ2v) is 29.4. The Morgan fingerprint density at radius 3 is 0.854 bits per heavy atom. The van der Waals surface area contributed by atoms with Crippen LogP contribution in [0.2, 0.25) is 0 Å². The van der Waals surface area contributed by atoms with Crippen molar-refractivity contribution in [3.63, 3.8) is 0 Å². The second-order valence-electron chi connectivity index (χ2n) is 24.9. The molecule has 4 nitrogen and oxygen atoms in total. The molecule has 9 aromatic carbocycles. The van der Waals surface area contributed by atoms with Crippen molar-refractivity contribution in [2.75, 3.05) is 9.80 Å². The maximum atomic E-state index is 5.94. The van der Waals surface area contributed by atoms with Gasteiger partial charge in [0.25, 0.3) is 0 Å². The van der Waals surface area contributed by atoms with E-state index in [1.165, 1.54) is 116 Å². The van der Waals surface area contributed by atoms with Crippen LogP contribution in [-0.2, 0) is 12.8 Å². The maximum Gasteiger partial charge on any atom is 0.0988 e. The Morgan fingerprint density at radius 2 is 0.510 bits per heavy atom. The van der Waals surface area contributed by atoms with Gasteiger partial charge < -0.3 is 9.80 Å². The zero-order valence-corrected chi connectivity index (χ0v) is 58.1. The van der Waals surface area contributed by atoms with Gasteiger partial charge in [0.05, 0.1) is 22.4 Å². The number of anilines is 6. The molecule has 0 atom stereocenters. The van der Waals surface area contributed by atoms with Crippen LogP contribution in [-0.4, -0.2) is 9.97 Å². The number of unbranched alkanes of at least 4 members (excludes halogenated alkanes) is 10. The van der Waals surface area contributed by atoms with Crippen molar-refractivity contribution in [2.45, 2.75) is 104 Å². The lowest BCUT2D eigenvalue weighted by molar-refractivity contribution is 0.609. The molecule has 0 saturated heterocycles. The molecule has 0 bridgehead atoms. The maximum absolute atomic E-state index is 5.94. The molecule has 0 unspecified atom stereocenters. The number of hydrogen-bond donors (Lipinski definition) is 0. The lowest BCUT2D eigenvalue weighted by Crippen LogP contribution is -2.09. The van der Waals surface area contributed by atoms with E-state index in [1.807, 2.05) is 45.3 Å². The first kappa shape index (κ1) is 64.1. The number of aryl methyl sites for hydroxylation is 2. The number of fused-ring (bicyclic) bond motifs is 1. The van der Waals surface area contributed by atoms with Gasteiger partial charge in [0.2, 0.25) is 0 Å². The highest BCUT2D eigenvalue weighted by molar-refractivity contribution is 7.24. The molecule has 476 valence electrons. The summed E-state index contributed by atoms with van der Waals surface area (Å²) in [5.41, 5.74) is 18.9. The summed E-state index contributed by atoms with van der Waals surface area (Å²) in [6.07, 6.45) is 18.0. The summed E-state index contributed by atoms with van der Waals surface area (Å²) in [5.74, 6) is 0. The van der Waals surface area contributed by atoms with Crippen molar-refractivity contribution in [2.24, 2.45) is 0 Å². The molecule has 0 fully saturated rings. The summed E-state index contributed by atoms with van der Waals surface area (Å²) in [6, 6.07) is 102. The summed E-state index contributed by atoms with van der Waals surface area (Å²) in [4.78, 5) is 27.1. The SMILES string of the molecule is CCCCCCCCc1ccc(-c2ccc(-c3ccc(-c4ccc(-c5ccc(CCCCCCCC)s5)s4)c4nc(-c5ccc(-c6ccc(N(c7ccccc7)c7ccccc7)cc6)cc5)c(-c5ccc(-c6ccc(N(c7ccccc7)c7ccccc7)cc6)cc5)nc34)s2)s1. The lowest BCUT2D eigenvalue weighted by Gasteiger charge is -2.25. The van der Waals surface area contributed by atoms with Gasteiger partial charge in [-0.1, -0.05) is 236 Å². The van der Waals surface area contributed by atoms with E-state index in [0.29, 0.717) is 0 Å². The van der Waals surface area contributed by atoms with E-state index in [2.05, 4.69) is 303 Å². The van der Waals surface area contributed by atoms with Gasteiger partial charge in [0, 0.05) is 95.4 Å². The van der Waals surface area contributed by atoms with Gasteiger partial charge in [-0.25, -0.2) is 9.97 Å². The highest BCUT2D eigenvalue weighted by Crippen LogP contribution is 2.47. The van der Waals surface area contributed by atoms with Gasteiger partial charge >= 0.3 is 0 Å². The van der Waals surface area contributed by atoms with Crippen LogP contribution in [0.5, 0.6) is 0 Å². The molecule has 96 heavy (non-hydrogen) atoms. The lowest BCUT2D eigenvalue weighted by atomic mass is 9.97. The quantitative estimate of drug-likeness (QED) is 0.0458. The molecular weight excluding hydrogens is 1240 g/mol. The van der Waals surface area contributed by atoms with Crippen LogP contribution in [0.1, 0.15) is 101 Å². The van der Waals surface area contributed by atoms with Gasteiger partial charge in [0.1, 0.15) is 0 Å². The zero-order chi connectivity index (χ0) is 64.8. The fraction of sp³-hybridized carbons (Fsp3) is 0.182. The van der Waals surface area contributed by atoms with E-state index in [0.717, 1.165) is 114 Å². The predicted molar refractivity (Wildman–Crippen MR) is 418 cm³/mol. The Balaban J connectivity index is 0.851. The molecule has 0 N–H and O–H groups in total. The fourth-order valence-corrected chi connectivity index (χ4v) is 17.4. The molecule has 0 spiro atoms. The van der Waals surface area contributed by atoms with Crippen LogP contribution >= 0.6 is 45.3 Å². The molecule has 5 aromatic heterocycles. The smallest absolute Gasteiger partial charge is 0.0988 e. The van der Waals surface area contributed by atoms with E-state index in [4.69, 9.17) is 9.97 Å². The third kappa shape index (κ3) is 14.9. The van der Waals surface area contributed by atoms with E-state index in [9.17, 15) is 0 Å². The summed E-state index contributed by atoms with van der Waals surface area (Å²) < 4.78 is 0. The van der Waals surface area contributed by atoms with Crippen molar-refractivity contribution in [3.8, 4) is 85.2 Å². The van der Waals surface area contributed by atoms with E-state index in [1.54, 1.807) is 0 Å². The molecule has 14 rings (SSSR count). The summed E-state index contributed by atoms with van der Waals surface area (Å²) in [6.45, 7) is 4.59. The van der Waals surface area contributed by atoms with Gasteiger partial charge in [0.15, 0.2) is 0 Å². The third-order valence-electron chi connectivity index (χ3n) is 18.2. The monoisotopic (exact) mass is 1320 g/mol. The predicted octanol–water partition coefficient (Wildman–Crippen LogP) is 28.0. The number of nitrogens with zero attached hydrogens (tertiary/aromatic N) is 4. The van der Waals surface area contributed by atoms with Gasteiger partial charge in [-0.3, -0.25) is 0 Å². The Kier molecular flexibility index (Phi) is 20.7. The number of hydrogen-bond acceptors (Lipinski definition) is 8. The molecule has 14 aromatic rings.